The molecule has 2 aliphatic rings. The Hall–Kier alpha value is -3.04. The van der Waals surface area contributed by atoms with E-state index in [1.807, 2.05) is 42.5 Å². The molecule has 5 rings (SSSR count). The van der Waals surface area contributed by atoms with Crippen LogP contribution in [0.2, 0.25) is 0 Å². The molecule has 3 heteroatoms. The molecule has 0 bridgehead atoms. The van der Waals surface area contributed by atoms with Crippen molar-refractivity contribution in [2.45, 2.75) is 19.3 Å². The van der Waals surface area contributed by atoms with Crippen molar-refractivity contribution in [1.82, 2.24) is 0 Å². The molecule has 0 N–H and O–H groups in total. The maximum atomic E-state index is 6.55. The second kappa shape index (κ2) is 6.00. The third-order valence-corrected chi connectivity index (χ3v) is 5.28. The normalized spacial score (nSPS) is 19.9. The molecule has 1 unspecified atom stereocenters. The van der Waals surface area contributed by atoms with E-state index in [0.29, 0.717) is 6.61 Å². The fourth-order valence-corrected chi connectivity index (χ4v) is 3.87. The summed E-state index contributed by atoms with van der Waals surface area (Å²) in [5.41, 5.74) is 6.65. The molecule has 3 nitrogen and oxygen atoms in total. The fraction of sp³-hybridized carbons (Fsp3) is 0.167. The summed E-state index contributed by atoms with van der Waals surface area (Å²) in [6.07, 6.45) is 2.19. The van der Waals surface area contributed by atoms with Crippen LogP contribution >= 0.6 is 0 Å². The van der Waals surface area contributed by atoms with Crippen LogP contribution < -0.4 is 9.47 Å². The fourth-order valence-electron chi connectivity index (χ4n) is 3.87. The van der Waals surface area contributed by atoms with Gasteiger partial charge < -0.3 is 14.2 Å². The molecule has 0 fully saturated rings. The maximum absolute atomic E-state index is 6.55. The van der Waals surface area contributed by atoms with Crippen LogP contribution in [0, 0.1) is 6.92 Å². The van der Waals surface area contributed by atoms with Crippen LogP contribution in [0.4, 0.5) is 0 Å². The van der Waals surface area contributed by atoms with Crippen molar-refractivity contribution in [2.24, 2.45) is 0 Å². The van der Waals surface area contributed by atoms with Gasteiger partial charge in [-0.3, -0.25) is 0 Å². The lowest BCUT2D eigenvalue weighted by molar-refractivity contribution is -0.160. The standard InChI is InChI=1S/C24H20O3/c1-16-7-8-18-15-26-24(19-9-11-20(25-2)12-10-19)22(21(18)13-16)14-17-5-3-4-6-23(17)27-24/h3-14H,15H2,1-2H3. The van der Waals surface area contributed by atoms with Gasteiger partial charge in [0.15, 0.2) is 0 Å². The first kappa shape index (κ1) is 16.2. The number of methoxy groups -OCH3 is 1. The van der Waals surface area contributed by atoms with Crippen molar-refractivity contribution < 1.29 is 14.2 Å². The Bertz CT molecular complexity index is 1050. The highest BCUT2D eigenvalue weighted by atomic mass is 16.7. The van der Waals surface area contributed by atoms with E-state index in [1.54, 1.807) is 7.11 Å². The largest absolute Gasteiger partial charge is 0.497 e. The van der Waals surface area contributed by atoms with Crippen molar-refractivity contribution in [3.8, 4) is 11.5 Å². The third kappa shape index (κ3) is 2.47. The van der Waals surface area contributed by atoms with Crippen LogP contribution in [-0.2, 0) is 17.1 Å². The SMILES string of the molecule is COc1ccc(C23OCc4ccc(C)cc4C2=Cc2ccccc2O3)cc1. The monoisotopic (exact) mass is 356 g/mol. The van der Waals surface area contributed by atoms with Crippen LogP contribution in [-0.4, -0.2) is 7.11 Å². The molecule has 0 saturated carbocycles. The van der Waals surface area contributed by atoms with E-state index in [9.17, 15) is 0 Å². The molecule has 0 saturated heterocycles. The summed E-state index contributed by atoms with van der Waals surface area (Å²) >= 11 is 0. The molecule has 3 aromatic carbocycles. The molecule has 1 atom stereocenters. The molecule has 27 heavy (non-hydrogen) atoms. The minimum Gasteiger partial charge on any atom is -0.497 e. The number of ether oxygens (including phenoxy) is 3. The van der Waals surface area contributed by atoms with Crippen molar-refractivity contribution in [1.29, 1.82) is 0 Å². The summed E-state index contributed by atoms with van der Waals surface area (Å²) in [6.45, 7) is 2.62. The van der Waals surface area contributed by atoms with Gasteiger partial charge in [-0.25, -0.2) is 0 Å². The van der Waals surface area contributed by atoms with Gasteiger partial charge in [0.25, 0.3) is 5.79 Å². The number of para-hydroxylation sites is 1. The van der Waals surface area contributed by atoms with Crippen molar-refractivity contribution in [3.63, 3.8) is 0 Å². The number of aryl methyl sites for hydroxylation is 1. The van der Waals surface area contributed by atoms with Crippen LogP contribution in [0.5, 0.6) is 11.5 Å². The van der Waals surface area contributed by atoms with Gasteiger partial charge in [-0.2, -0.15) is 0 Å². The van der Waals surface area contributed by atoms with E-state index in [4.69, 9.17) is 14.2 Å². The van der Waals surface area contributed by atoms with Crippen LogP contribution in [0.15, 0.2) is 66.7 Å². The summed E-state index contributed by atoms with van der Waals surface area (Å²) < 4.78 is 18.3. The molecule has 0 amide bonds. The van der Waals surface area contributed by atoms with Crippen molar-refractivity contribution >= 4 is 11.6 Å². The molecule has 2 aliphatic heterocycles. The van der Waals surface area contributed by atoms with E-state index in [2.05, 4.69) is 37.3 Å². The Morgan fingerprint density at radius 1 is 0.963 bits per heavy atom. The molecular formula is C24H20O3. The molecule has 0 aliphatic carbocycles. The van der Waals surface area contributed by atoms with Gasteiger partial charge in [-0.15, -0.1) is 0 Å². The molecule has 0 aromatic heterocycles. The molecule has 0 spiro atoms. The Kier molecular flexibility index (Phi) is 3.59. The quantitative estimate of drug-likeness (QED) is 0.622. The molecule has 0 radical (unpaired) electrons. The van der Waals surface area contributed by atoms with Crippen molar-refractivity contribution in [2.75, 3.05) is 7.11 Å². The number of hydrogen-bond acceptors (Lipinski definition) is 3. The lowest BCUT2D eigenvalue weighted by atomic mass is 9.83. The Morgan fingerprint density at radius 2 is 1.78 bits per heavy atom. The molecular weight excluding hydrogens is 336 g/mol. The summed E-state index contributed by atoms with van der Waals surface area (Å²) in [4.78, 5) is 0. The maximum Gasteiger partial charge on any atom is 0.265 e. The highest BCUT2D eigenvalue weighted by Crippen LogP contribution is 2.51. The Morgan fingerprint density at radius 3 is 2.59 bits per heavy atom. The first-order valence-electron chi connectivity index (χ1n) is 9.08. The van der Waals surface area contributed by atoms with Gasteiger partial charge in [0.2, 0.25) is 0 Å². The highest BCUT2D eigenvalue weighted by molar-refractivity contribution is 5.91. The van der Waals surface area contributed by atoms with E-state index < -0.39 is 5.79 Å². The Labute approximate surface area is 158 Å². The average molecular weight is 356 g/mol. The predicted molar refractivity (Wildman–Crippen MR) is 106 cm³/mol. The first-order valence-corrected chi connectivity index (χ1v) is 9.08. The van der Waals surface area contributed by atoms with E-state index >= 15 is 0 Å². The minimum atomic E-state index is -0.957. The average Bonchev–Trinajstić information content (AvgIpc) is 2.72. The lowest BCUT2D eigenvalue weighted by Gasteiger charge is -2.43. The van der Waals surface area contributed by atoms with Gasteiger partial charge in [0, 0.05) is 16.7 Å². The van der Waals surface area contributed by atoms with Gasteiger partial charge in [0.05, 0.1) is 13.7 Å². The van der Waals surface area contributed by atoms with Crippen LogP contribution in [0.25, 0.3) is 11.6 Å². The lowest BCUT2D eigenvalue weighted by Crippen LogP contribution is -2.42. The zero-order valence-electron chi connectivity index (χ0n) is 15.4. The molecule has 134 valence electrons. The third-order valence-electron chi connectivity index (χ3n) is 5.28. The number of benzene rings is 3. The zero-order chi connectivity index (χ0) is 18.4. The van der Waals surface area contributed by atoms with E-state index in [-0.39, 0.29) is 0 Å². The topological polar surface area (TPSA) is 27.7 Å². The second-order valence-corrected chi connectivity index (χ2v) is 6.99. The second-order valence-electron chi connectivity index (χ2n) is 6.99. The van der Waals surface area contributed by atoms with E-state index in [1.165, 1.54) is 16.7 Å². The van der Waals surface area contributed by atoms with E-state index in [0.717, 1.165) is 28.2 Å². The van der Waals surface area contributed by atoms with Crippen molar-refractivity contribution in [3.05, 3.63) is 94.5 Å². The Balaban J connectivity index is 1.76. The summed E-state index contributed by atoms with van der Waals surface area (Å²) in [5, 5.41) is 0. The summed E-state index contributed by atoms with van der Waals surface area (Å²) in [7, 11) is 1.67. The highest BCUT2D eigenvalue weighted by Gasteiger charge is 2.47. The molecule has 3 aromatic rings. The zero-order valence-corrected chi connectivity index (χ0v) is 15.4. The number of hydrogen-bond donors (Lipinski definition) is 0. The number of fused-ring (bicyclic) bond motifs is 4. The minimum absolute atomic E-state index is 0.501. The van der Waals surface area contributed by atoms with Gasteiger partial charge >= 0.3 is 0 Å². The van der Waals surface area contributed by atoms with Crippen LogP contribution in [0.3, 0.4) is 0 Å². The van der Waals surface area contributed by atoms with Gasteiger partial charge in [0.1, 0.15) is 11.5 Å². The summed E-state index contributed by atoms with van der Waals surface area (Å²) in [6, 6.07) is 22.5. The van der Waals surface area contributed by atoms with Gasteiger partial charge in [-0.1, -0.05) is 42.0 Å². The van der Waals surface area contributed by atoms with Gasteiger partial charge in [-0.05, 0) is 54.5 Å². The first-order chi connectivity index (χ1) is 13.2. The molecule has 2 heterocycles. The number of rotatable bonds is 2. The smallest absolute Gasteiger partial charge is 0.265 e. The predicted octanol–water partition coefficient (Wildman–Crippen LogP) is 5.32. The van der Waals surface area contributed by atoms with Crippen LogP contribution in [0.1, 0.15) is 27.8 Å². The summed E-state index contributed by atoms with van der Waals surface area (Å²) in [5.74, 6) is 0.679.